The third kappa shape index (κ3) is 5.51. The van der Waals surface area contributed by atoms with Gasteiger partial charge in [0.1, 0.15) is 6.04 Å². The molecule has 1 aliphatic rings. The molecule has 0 spiro atoms. The Morgan fingerprint density at radius 3 is 2.33 bits per heavy atom. The standard InChI is InChI=1S/C27H27FN4O4/c1-16(2)17-9-11-21(12-10-17)30-27(36)32-13-3-4-23(32)25(33)31-24-22(28)14-20(15-29-24)18-5-7-19(8-6-18)26(34)35/h5-12,14-16,23H,3-4,13H2,1-2H3,(H,30,36)(H,34,35)(H,29,31,33). The number of anilines is 2. The minimum Gasteiger partial charge on any atom is -0.478 e. The number of likely N-dealkylation sites (tertiary alicyclic amines) is 1. The maximum absolute atomic E-state index is 14.8. The molecule has 4 rings (SSSR count). The van der Waals surface area contributed by atoms with Gasteiger partial charge in [0, 0.05) is 24.0 Å². The molecule has 1 saturated heterocycles. The number of rotatable bonds is 6. The fourth-order valence-corrected chi connectivity index (χ4v) is 4.12. The molecule has 0 radical (unpaired) electrons. The Balaban J connectivity index is 1.41. The monoisotopic (exact) mass is 490 g/mol. The van der Waals surface area contributed by atoms with Crippen LogP contribution in [-0.4, -0.2) is 45.5 Å². The van der Waals surface area contributed by atoms with Crippen molar-refractivity contribution in [1.29, 1.82) is 0 Å². The molecule has 3 N–H and O–H groups in total. The highest BCUT2D eigenvalue weighted by atomic mass is 19.1. The predicted octanol–water partition coefficient (Wildman–Crippen LogP) is 5.34. The van der Waals surface area contributed by atoms with Crippen molar-refractivity contribution in [3.63, 3.8) is 0 Å². The van der Waals surface area contributed by atoms with Crippen molar-refractivity contribution in [3.05, 3.63) is 77.7 Å². The van der Waals surface area contributed by atoms with E-state index in [-0.39, 0.29) is 11.4 Å². The van der Waals surface area contributed by atoms with Crippen molar-refractivity contribution in [2.75, 3.05) is 17.2 Å². The van der Waals surface area contributed by atoms with Crippen molar-refractivity contribution < 1.29 is 23.9 Å². The molecule has 8 nitrogen and oxygen atoms in total. The molecule has 0 saturated carbocycles. The first kappa shape index (κ1) is 24.8. The quantitative estimate of drug-likeness (QED) is 0.432. The van der Waals surface area contributed by atoms with Gasteiger partial charge >= 0.3 is 12.0 Å². The number of hydrogen-bond acceptors (Lipinski definition) is 4. The third-order valence-electron chi connectivity index (χ3n) is 6.19. The zero-order valence-corrected chi connectivity index (χ0v) is 20.0. The van der Waals surface area contributed by atoms with Gasteiger partial charge in [-0.25, -0.2) is 19.0 Å². The van der Waals surface area contributed by atoms with E-state index in [9.17, 15) is 18.8 Å². The Bertz CT molecular complexity index is 1280. The summed E-state index contributed by atoms with van der Waals surface area (Å²) >= 11 is 0. The average Bonchev–Trinajstić information content (AvgIpc) is 3.36. The molecule has 1 aliphatic heterocycles. The van der Waals surface area contributed by atoms with Gasteiger partial charge in [-0.1, -0.05) is 38.1 Å². The lowest BCUT2D eigenvalue weighted by atomic mass is 10.0. The van der Waals surface area contributed by atoms with E-state index in [4.69, 9.17) is 5.11 Å². The van der Waals surface area contributed by atoms with Crippen molar-refractivity contribution >= 4 is 29.4 Å². The van der Waals surface area contributed by atoms with E-state index in [1.54, 1.807) is 12.1 Å². The zero-order valence-electron chi connectivity index (χ0n) is 20.0. The van der Waals surface area contributed by atoms with E-state index in [0.29, 0.717) is 42.1 Å². The molecular formula is C27H27FN4O4. The van der Waals surface area contributed by atoms with Crippen molar-refractivity contribution in [1.82, 2.24) is 9.88 Å². The Hall–Kier alpha value is -4.27. The summed E-state index contributed by atoms with van der Waals surface area (Å²) in [6.45, 7) is 4.59. The van der Waals surface area contributed by atoms with Gasteiger partial charge in [-0.2, -0.15) is 0 Å². The van der Waals surface area contributed by atoms with Gasteiger partial charge in [0.25, 0.3) is 0 Å². The number of aromatic nitrogens is 1. The minimum absolute atomic E-state index is 0.119. The Morgan fingerprint density at radius 2 is 1.72 bits per heavy atom. The van der Waals surface area contributed by atoms with E-state index in [1.165, 1.54) is 29.3 Å². The van der Waals surface area contributed by atoms with Gasteiger partial charge in [0.15, 0.2) is 11.6 Å². The van der Waals surface area contributed by atoms with Crippen LogP contribution < -0.4 is 10.6 Å². The van der Waals surface area contributed by atoms with Crippen LogP contribution in [0.1, 0.15) is 48.5 Å². The number of carbonyl (C=O) groups excluding carboxylic acids is 2. The molecule has 186 valence electrons. The van der Waals surface area contributed by atoms with Crippen LogP contribution in [0.15, 0.2) is 60.8 Å². The molecule has 36 heavy (non-hydrogen) atoms. The van der Waals surface area contributed by atoms with Crippen LogP contribution in [0.3, 0.4) is 0 Å². The van der Waals surface area contributed by atoms with Gasteiger partial charge in [0.05, 0.1) is 5.56 Å². The van der Waals surface area contributed by atoms with Crippen LogP contribution in [0.4, 0.5) is 20.7 Å². The maximum Gasteiger partial charge on any atom is 0.335 e. The molecular weight excluding hydrogens is 463 g/mol. The van der Waals surface area contributed by atoms with Gasteiger partial charge in [-0.15, -0.1) is 0 Å². The number of pyridine rings is 1. The summed E-state index contributed by atoms with van der Waals surface area (Å²) in [5, 5.41) is 14.3. The summed E-state index contributed by atoms with van der Waals surface area (Å²) in [6, 6.07) is 13.6. The van der Waals surface area contributed by atoms with Gasteiger partial charge in [-0.3, -0.25) is 4.79 Å². The molecule has 2 heterocycles. The number of carboxylic acid groups (broad SMARTS) is 1. The van der Waals surface area contributed by atoms with Crippen molar-refractivity contribution in [2.24, 2.45) is 0 Å². The van der Waals surface area contributed by atoms with Crippen LogP contribution in [0.2, 0.25) is 0 Å². The van der Waals surface area contributed by atoms with E-state index >= 15 is 0 Å². The molecule has 1 aromatic heterocycles. The number of benzene rings is 2. The SMILES string of the molecule is CC(C)c1ccc(NC(=O)N2CCCC2C(=O)Nc2ncc(-c3ccc(C(=O)O)cc3)cc2F)cc1. The summed E-state index contributed by atoms with van der Waals surface area (Å²) in [6.07, 6.45) is 2.51. The number of aromatic carboxylic acids is 1. The average molecular weight is 491 g/mol. The minimum atomic E-state index is -1.05. The van der Waals surface area contributed by atoms with Crippen LogP contribution in [0.25, 0.3) is 11.1 Å². The molecule has 2 aromatic carbocycles. The molecule has 3 aromatic rings. The highest BCUT2D eigenvalue weighted by Crippen LogP contribution is 2.25. The lowest BCUT2D eigenvalue weighted by Crippen LogP contribution is -2.45. The zero-order chi connectivity index (χ0) is 25.8. The van der Waals surface area contributed by atoms with E-state index in [1.807, 2.05) is 24.3 Å². The smallest absolute Gasteiger partial charge is 0.335 e. The number of carbonyl (C=O) groups is 3. The first-order valence-electron chi connectivity index (χ1n) is 11.7. The molecule has 9 heteroatoms. The normalized spacial score (nSPS) is 15.1. The Morgan fingerprint density at radius 1 is 1.03 bits per heavy atom. The largest absolute Gasteiger partial charge is 0.478 e. The number of nitrogens with zero attached hydrogens (tertiary/aromatic N) is 2. The summed E-state index contributed by atoms with van der Waals surface area (Å²) in [7, 11) is 0. The van der Waals surface area contributed by atoms with E-state index in [0.717, 1.165) is 5.56 Å². The van der Waals surface area contributed by atoms with Gasteiger partial charge < -0.3 is 20.6 Å². The second-order valence-electron chi connectivity index (χ2n) is 8.98. The molecule has 1 atom stereocenters. The van der Waals surface area contributed by atoms with Crippen LogP contribution in [0, 0.1) is 5.82 Å². The summed E-state index contributed by atoms with van der Waals surface area (Å²) in [5.74, 6) is -2.16. The molecule has 0 aliphatic carbocycles. The van der Waals surface area contributed by atoms with Crippen LogP contribution in [0.5, 0.6) is 0 Å². The van der Waals surface area contributed by atoms with Crippen molar-refractivity contribution in [2.45, 2.75) is 38.6 Å². The first-order valence-corrected chi connectivity index (χ1v) is 11.7. The van der Waals surface area contributed by atoms with Gasteiger partial charge in [-0.05, 0) is 60.2 Å². The second-order valence-corrected chi connectivity index (χ2v) is 8.98. The lowest BCUT2D eigenvalue weighted by molar-refractivity contribution is -0.119. The number of urea groups is 1. The molecule has 3 amide bonds. The van der Waals surface area contributed by atoms with Crippen molar-refractivity contribution in [3.8, 4) is 11.1 Å². The second kappa shape index (κ2) is 10.6. The van der Waals surface area contributed by atoms with E-state index < -0.39 is 29.8 Å². The number of hydrogen-bond donors (Lipinski definition) is 3. The number of nitrogens with one attached hydrogen (secondary N) is 2. The number of halogens is 1. The van der Waals surface area contributed by atoms with Crippen LogP contribution in [-0.2, 0) is 4.79 Å². The maximum atomic E-state index is 14.8. The molecule has 0 bridgehead atoms. The Kier molecular flexibility index (Phi) is 7.28. The molecule has 1 fully saturated rings. The first-order chi connectivity index (χ1) is 17.2. The predicted molar refractivity (Wildman–Crippen MR) is 134 cm³/mol. The number of amides is 3. The molecule has 1 unspecified atom stereocenters. The summed E-state index contributed by atoms with van der Waals surface area (Å²) in [5.41, 5.74) is 2.94. The summed E-state index contributed by atoms with van der Waals surface area (Å²) in [4.78, 5) is 42.3. The summed E-state index contributed by atoms with van der Waals surface area (Å²) < 4.78 is 14.8. The van der Waals surface area contributed by atoms with Gasteiger partial charge in [0.2, 0.25) is 5.91 Å². The lowest BCUT2D eigenvalue weighted by Gasteiger charge is -2.24. The topological polar surface area (TPSA) is 112 Å². The highest BCUT2D eigenvalue weighted by Gasteiger charge is 2.34. The fourth-order valence-electron chi connectivity index (χ4n) is 4.12. The Labute approximate surface area is 208 Å². The van der Waals surface area contributed by atoms with E-state index in [2.05, 4.69) is 29.5 Å². The highest BCUT2D eigenvalue weighted by molar-refractivity contribution is 5.99. The number of carboxylic acids is 1. The third-order valence-corrected chi connectivity index (χ3v) is 6.19. The fraction of sp³-hybridized carbons (Fsp3) is 0.259. The van der Waals surface area contributed by atoms with Crippen LogP contribution >= 0.6 is 0 Å².